The molecule has 0 aromatic carbocycles. The minimum absolute atomic E-state index is 0.151. The minimum atomic E-state index is -0.151. The number of thioether (sulfide) groups is 1. The van der Waals surface area contributed by atoms with Crippen LogP contribution in [0.1, 0.15) is 62.1 Å². The van der Waals surface area contributed by atoms with Gasteiger partial charge < -0.3 is 4.52 Å². The maximum Gasteiger partial charge on any atom is 0.238 e. The summed E-state index contributed by atoms with van der Waals surface area (Å²) >= 11 is 1.66. The Labute approximate surface area is 111 Å². The van der Waals surface area contributed by atoms with Gasteiger partial charge in [0.2, 0.25) is 5.89 Å². The molecule has 1 aliphatic heterocycles. The van der Waals surface area contributed by atoms with Crippen LogP contribution in [-0.2, 0) is 4.79 Å². The van der Waals surface area contributed by atoms with E-state index in [-0.39, 0.29) is 11.7 Å². The number of ketones is 1. The summed E-state index contributed by atoms with van der Waals surface area (Å²) < 4.78 is 5.32. The van der Waals surface area contributed by atoms with Crippen molar-refractivity contribution in [3.05, 3.63) is 11.7 Å². The van der Waals surface area contributed by atoms with E-state index in [2.05, 4.69) is 10.1 Å². The molecule has 0 spiro atoms. The molecule has 4 nitrogen and oxygen atoms in total. The molecule has 2 heterocycles. The van der Waals surface area contributed by atoms with Gasteiger partial charge in [0, 0.05) is 11.7 Å². The Balaban J connectivity index is 1.74. The van der Waals surface area contributed by atoms with Crippen molar-refractivity contribution in [2.45, 2.75) is 50.4 Å². The number of Topliss-reactive ketones (excluding diaryl/α,β-unsaturated/α-hetero) is 1. The highest BCUT2D eigenvalue weighted by atomic mass is 32.2. The summed E-state index contributed by atoms with van der Waals surface area (Å²) in [6, 6.07) is 0. The van der Waals surface area contributed by atoms with Crippen molar-refractivity contribution in [1.29, 1.82) is 0 Å². The van der Waals surface area contributed by atoms with Gasteiger partial charge in [-0.05, 0) is 12.8 Å². The maximum atomic E-state index is 11.7. The third-order valence-corrected chi connectivity index (χ3v) is 4.95. The second-order valence-corrected chi connectivity index (χ2v) is 6.24. The first-order valence-electron chi connectivity index (χ1n) is 6.78. The van der Waals surface area contributed by atoms with Gasteiger partial charge in [0.1, 0.15) is 5.92 Å². The van der Waals surface area contributed by atoms with Gasteiger partial charge >= 0.3 is 0 Å². The van der Waals surface area contributed by atoms with E-state index in [0.717, 1.165) is 24.4 Å². The molecule has 0 N–H and O–H groups in total. The van der Waals surface area contributed by atoms with Crippen molar-refractivity contribution in [3.63, 3.8) is 0 Å². The highest BCUT2D eigenvalue weighted by Crippen LogP contribution is 2.33. The lowest BCUT2D eigenvalue weighted by molar-refractivity contribution is -0.117. The molecule has 1 atom stereocenters. The van der Waals surface area contributed by atoms with Crippen LogP contribution in [0.4, 0.5) is 0 Å². The third-order valence-electron chi connectivity index (χ3n) is 3.89. The fourth-order valence-electron chi connectivity index (χ4n) is 2.77. The van der Waals surface area contributed by atoms with E-state index in [1.165, 1.54) is 25.7 Å². The van der Waals surface area contributed by atoms with Crippen molar-refractivity contribution in [2.24, 2.45) is 0 Å². The highest BCUT2D eigenvalue weighted by molar-refractivity contribution is 8.00. The van der Waals surface area contributed by atoms with Crippen LogP contribution < -0.4 is 0 Å². The first-order valence-corrected chi connectivity index (χ1v) is 7.94. The molecule has 98 valence electrons. The molecular formula is C13H18N2O2S. The third kappa shape index (κ3) is 2.46. The Morgan fingerprint density at radius 2 is 1.94 bits per heavy atom. The first kappa shape index (κ1) is 12.2. The van der Waals surface area contributed by atoms with Gasteiger partial charge in [-0.2, -0.15) is 16.7 Å². The number of hydrogen-bond acceptors (Lipinski definition) is 5. The molecule has 1 saturated carbocycles. The summed E-state index contributed by atoms with van der Waals surface area (Å²) in [5.74, 6) is 3.28. The lowest BCUT2D eigenvalue weighted by Gasteiger charge is -2.07. The second kappa shape index (κ2) is 5.43. The lowest BCUT2D eigenvalue weighted by Crippen LogP contribution is -2.09. The zero-order valence-electron chi connectivity index (χ0n) is 10.4. The molecule has 0 amide bonds. The van der Waals surface area contributed by atoms with E-state index in [9.17, 15) is 4.79 Å². The van der Waals surface area contributed by atoms with Gasteiger partial charge in [-0.15, -0.1) is 0 Å². The van der Waals surface area contributed by atoms with Crippen LogP contribution in [-0.4, -0.2) is 27.4 Å². The van der Waals surface area contributed by atoms with E-state index < -0.39 is 0 Å². The largest absolute Gasteiger partial charge is 0.339 e. The average Bonchev–Trinajstić information content (AvgIpc) is 2.91. The molecule has 2 aliphatic rings. The summed E-state index contributed by atoms with van der Waals surface area (Å²) in [6.45, 7) is 0. The quantitative estimate of drug-likeness (QED) is 0.770. The number of carbonyl (C=O) groups excluding carboxylic acids is 1. The fraction of sp³-hybridized carbons (Fsp3) is 0.769. The average molecular weight is 266 g/mol. The van der Waals surface area contributed by atoms with Gasteiger partial charge in [-0.25, -0.2) is 0 Å². The Kier molecular flexibility index (Phi) is 3.68. The van der Waals surface area contributed by atoms with E-state index in [1.807, 2.05) is 0 Å². The van der Waals surface area contributed by atoms with Crippen molar-refractivity contribution < 1.29 is 9.32 Å². The first-order chi connectivity index (χ1) is 8.84. The summed E-state index contributed by atoms with van der Waals surface area (Å²) in [4.78, 5) is 16.2. The topological polar surface area (TPSA) is 56.0 Å². The summed E-state index contributed by atoms with van der Waals surface area (Å²) in [6.07, 6.45) is 7.47. The van der Waals surface area contributed by atoms with Gasteiger partial charge in [0.15, 0.2) is 11.6 Å². The van der Waals surface area contributed by atoms with Crippen LogP contribution in [0.5, 0.6) is 0 Å². The molecule has 1 unspecified atom stereocenters. The van der Waals surface area contributed by atoms with Gasteiger partial charge in [0.25, 0.3) is 0 Å². The Bertz CT molecular complexity index is 424. The van der Waals surface area contributed by atoms with E-state index in [4.69, 9.17) is 4.52 Å². The molecule has 0 bridgehead atoms. The molecule has 5 heteroatoms. The lowest BCUT2D eigenvalue weighted by atomic mass is 10.00. The molecule has 1 aliphatic carbocycles. The second-order valence-electron chi connectivity index (χ2n) is 5.21. The molecule has 18 heavy (non-hydrogen) atoms. The van der Waals surface area contributed by atoms with Crippen molar-refractivity contribution in [2.75, 3.05) is 11.5 Å². The molecule has 2 fully saturated rings. The van der Waals surface area contributed by atoms with Gasteiger partial charge in [0.05, 0.1) is 5.75 Å². The van der Waals surface area contributed by atoms with Gasteiger partial charge in [-0.1, -0.05) is 30.8 Å². The fourth-order valence-corrected chi connectivity index (χ4v) is 3.86. The van der Waals surface area contributed by atoms with Crippen LogP contribution in [0.25, 0.3) is 0 Å². The number of nitrogens with zero attached hydrogens (tertiary/aromatic N) is 2. The molecule has 1 saturated heterocycles. The highest BCUT2D eigenvalue weighted by Gasteiger charge is 2.32. The van der Waals surface area contributed by atoms with Crippen LogP contribution in [0.15, 0.2) is 4.52 Å². The smallest absolute Gasteiger partial charge is 0.238 e. The van der Waals surface area contributed by atoms with Crippen LogP contribution in [0.3, 0.4) is 0 Å². The summed E-state index contributed by atoms with van der Waals surface area (Å²) in [5.41, 5.74) is 0. The maximum absolute atomic E-state index is 11.7. The number of carbonyl (C=O) groups is 1. The Morgan fingerprint density at radius 3 is 2.61 bits per heavy atom. The molecule has 0 radical (unpaired) electrons. The summed E-state index contributed by atoms with van der Waals surface area (Å²) in [5, 5.41) is 4.11. The predicted molar refractivity (Wildman–Crippen MR) is 69.8 cm³/mol. The van der Waals surface area contributed by atoms with E-state index in [1.54, 1.807) is 11.8 Å². The normalized spacial score (nSPS) is 26.4. The number of rotatable bonds is 2. The Hall–Kier alpha value is -0.840. The van der Waals surface area contributed by atoms with Crippen molar-refractivity contribution in [3.8, 4) is 0 Å². The molecular weight excluding hydrogens is 248 g/mol. The monoisotopic (exact) mass is 266 g/mol. The van der Waals surface area contributed by atoms with Crippen LogP contribution in [0.2, 0.25) is 0 Å². The van der Waals surface area contributed by atoms with Crippen molar-refractivity contribution in [1.82, 2.24) is 10.1 Å². The predicted octanol–water partition coefficient (Wildman–Crippen LogP) is 2.91. The standard InChI is InChI=1S/C13H18N2O2S/c16-11-8-18-7-10(11)13-14-12(15-17-13)9-5-3-1-2-4-6-9/h9-10H,1-8H2. The van der Waals surface area contributed by atoms with E-state index >= 15 is 0 Å². The zero-order valence-corrected chi connectivity index (χ0v) is 11.2. The molecule has 1 aromatic heterocycles. The van der Waals surface area contributed by atoms with Crippen LogP contribution >= 0.6 is 11.8 Å². The number of aromatic nitrogens is 2. The number of hydrogen-bond donors (Lipinski definition) is 0. The van der Waals surface area contributed by atoms with Crippen LogP contribution in [0, 0.1) is 0 Å². The minimum Gasteiger partial charge on any atom is -0.339 e. The molecule has 3 rings (SSSR count). The zero-order chi connectivity index (χ0) is 12.4. The van der Waals surface area contributed by atoms with Crippen molar-refractivity contribution >= 4 is 17.5 Å². The van der Waals surface area contributed by atoms with E-state index in [0.29, 0.717) is 17.6 Å². The summed E-state index contributed by atoms with van der Waals surface area (Å²) in [7, 11) is 0. The molecule has 1 aromatic rings. The Morgan fingerprint density at radius 1 is 1.17 bits per heavy atom. The van der Waals surface area contributed by atoms with Gasteiger partial charge in [-0.3, -0.25) is 4.79 Å². The SMILES string of the molecule is O=C1CSCC1c1nc(C2CCCCCC2)no1.